The molecule has 0 saturated carbocycles. The van der Waals surface area contributed by atoms with Crippen LogP contribution in [-0.4, -0.2) is 0 Å². The number of benzene rings is 5. The molecule has 0 N–H and O–H groups in total. The first kappa shape index (κ1) is 20.5. The Morgan fingerprint density at radius 1 is 0.441 bits per heavy atom. The van der Waals surface area contributed by atoms with Crippen molar-refractivity contribution in [3.05, 3.63) is 121 Å². The third-order valence-corrected chi connectivity index (χ3v) is 6.68. The molecule has 0 unspecified atom stereocenters. The van der Waals surface area contributed by atoms with Gasteiger partial charge in [0.05, 0.1) is 0 Å². The van der Waals surface area contributed by atoms with Crippen LogP contribution in [-0.2, 0) is 0 Å². The monoisotopic (exact) mass is 438 g/mol. The van der Waals surface area contributed by atoms with Crippen molar-refractivity contribution >= 4 is 21.9 Å². The Kier molecular flexibility index (Phi) is 5.04. The van der Waals surface area contributed by atoms with Crippen molar-refractivity contribution in [2.24, 2.45) is 0 Å². The first-order chi connectivity index (χ1) is 16.7. The molecule has 1 nitrogen and oxygen atoms in total. The van der Waals surface area contributed by atoms with E-state index in [0.717, 1.165) is 27.5 Å². The second kappa shape index (κ2) is 8.35. The number of hydrogen-bond donors (Lipinski definition) is 0. The summed E-state index contributed by atoms with van der Waals surface area (Å²) in [7, 11) is 0. The lowest BCUT2D eigenvalue weighted by molar-refractivity contribution is 0.669. The van der Waals surface area contributed by atoms with Gasteiger partial charge in [-0.3, -0.25) is 0 Å². The average molecular weight is 439 g/mol. The van der Waals surface area contributed by atoms with Crippen LogP contribution in [0.2, 0.25) is 0 Å². The molecule has 0 amide bonds. The third kappa shape index (κ3) is 3.70. The van der Waals surface area contributed by atoms with Gasteiger partial charge in [0.2, 0.25) is 0 Å². The topological polar surface area (TPSA) is 13.1 Å². The summed E-state index contributed by atoms with van der Waals surface area (Å²) in [6.07, 6.45) is 0. The van der Waals surface area contributed by atoms with Crippen molar-refractivity contribution < 1.29 is 4.42 Å². The molecule has 1 aromatic heterocycles. The van der Waals surface area contributed by atoms with Crippen LogP contribution in [0, 0.1) is 0 Å². The second-order valence-corrected chi connectivity index (χ2v) is 9.25. The third-order valence-electron chi connectivity index (χ3n) is 6.68. The summed E-state index contributed by atoms with van der Waals surface area (Å²) in [4.78, 5) is 0. The van der Waals surface area contributed by atoms with E-state index in [2.05, 4.69) is 117 Å². The molecule has 0 radical (unpaired) electrons. The summed E-state index contributed by atoms with van der Waals surface area (Å²) in [6.45, 7) is 4.46. The fourth-order valence-electron chi connectivity index (χ4n) is 4.72. The Morgan fingerprint density at radius 2 is 0.971 bits per heavy atom. The molecule has 6 rings (SSSR count). The Bertz CT molecular complexity index is 1620. The number of fused-ring (bicyclic) bond motifs is 3. The molecular weight excluding hydrogens is 412 g/mol. The molecule has 0 saturated heterocycles. The van der Waals surface area contributed by atoms with Gasteiger partial charge in [0, 0.05) is 10.8 Å². The maximum absolute atomic E-state index is 6.12. The average Bonchev–Trinajstić information content (AvgIpc) is 3.27. The van der Waals surface area contributed by atoms with E-state index >= 15 is 0 Å². The lowest BCUT2D eigenvalue weighted by Crippen LogP contribution is -1.87. The van der Waals surface area contributed by atoms with Crippen LogP contribution in [0.25, 0.3) is 55.3 Å². The maximum Gasteiger partial charge on any atom is 0.136 e. The van der Waals surface area contributed by atoms with E-state index in [9.17, 15) is 0 Å². The van der Waals surface area contributed by atoms with Crippen molar-refractivity contribution in [3.63, 3.8) is 0 Å². The minimum atomic E-state index is 0.543. The SMILES string of the molecule is CC(C)c1ccc(-c2cccc(-c3cccc(-c4ccc5c(c4)oc4ccccc45)c3)c2)cc1. The molecule has 1 heterocycles. The smallest absolute Gasteiger partial charge is 0.136 e. The van der Waals surface area contributed by atoms with Crippen LogP contribution in [0.5, 0.6) is 0 Å². The molecule has 0 aliphatic carbocycles. The number of hydrogen-bond acceptors (Lipinski definition) is 1. The van der Waals surface area contributed by atoms with Crippen LogP contribution in [0.1, 0.15) is 25.3 Å². The Balaban J connectivity index is 1.36. The first-order valence-corrected chi connectivity index (χ1v) is 11.9. The summed E-state index contributed by atoms with van der Waals surface area (Å²) in [5.41, 5.74) is 10.5. The first-order valence-electron chi connectivity index (χ1n) is 11.9. The van der Waals surface area contributed by atoms with Gasteiger partial charge in [0.25, 0.3) is 0 Å². The summed E-state index contributed by atoms with van der Waals surface area (Å²) >= 11 is 0. The van der Waals surface area contributed by atoms with Crippen LogP contribution in [0.3, 0.4) is 0 Å². The number of furan rings is 1. The molecule has 0 fully saturated rings. The predicted molar refractivity (Wildman–Crippen MR) is 144 cm³/mol. The van der Waals surface area contributed by atoms with Crippen molar-refractivity contribution in [3.8, 4) is 33.4 Å². The van der Waals surface area contributed by atoms with Crippen LogP contribution >= 0.6 is 0 Å². The fraction of sp³-hybridized carbons (Fsp3) is 0.0909. The van der Waals surface area contributed by atoms with E-state index in [1.54, 1.807) is 0 Å². The molecule has 0 bridgehead atoms. The minimum Gasteiger partial charge on any atom is -0.456 e. The van der Waals surface area contributed by atoms with Crippen molar-refractivity contribution in [1.29, 1.82) is 0 Å². The lowest BCUT2D eigenvalue weighted by Gasteiger charge is -2.10. The van der Waals surface area contributed by atoms with Crippen LogP contribution in [0.4, 0.5) is 0 Å². The van der Waals surface area contributed by atoms with Crippen molar-refractivity contribution in [1.82, 2.24) is 0 Å². The summed E-state index contributed by atoms with van der Waals surface area (Å²) in [5, 5.41) is 2.32. The van der Waals surface area contributed by atoms with Gasteiger partial charge in [-0.15, -0.1) is 0 Å². The van der Waals surface area contributed by atoms with Crippen LogP contribution < -0.4 is 0 Å². The van der Waals surface area contributed by atoms with Crippen LogP contribution in [0.15, 0.2) is 120 Å². The molecule has 1 heteroatoms. The van der Waals surface area contributed by atoms with E-state index in [-0.39, 0.29) is 0 Å². The van der Waals surface area contributed by atoms with Crippen molar-refractivity contribution in [2.45, 2.75) is 19.8 Å². The molecule has 0 spiro atoms. The highest BCUT2D eigenvalue weighted by Crippen LogP contribution is 2.34. The number of rotatable bonds is 4. The highest BCUT2D eigenvalue weighted by molar-refractivity contribution is 6.05. The summed E-state index contributed by atoms with van der Waals surface area (Å²) < 4.78 is 6.12. The maximum atomic E-state index is 6.12. The highest BCUT2D eigenvalue weighted by Gasteiger charge is 2.09. The van der Waals surface area contributed by atoms with Gasteiger partial charge >= 0.3 is 0 Å². The second-order valence-electron chi connectivity index (χ2n) is 9.25. The van der Waals surface area contributed by atoms with E-state index in [0.29, 0.717) is 5.92 Å². The molecule has 0 atom stereocenters. The molecule has 34 heavy (non-hydrogen) atoms. The van der Waals surface area contributed by atoms with E-state index in [4.69, 9.17) is 4.42 Å². The van der Waals surface area contributed by atoms with Gasteiger partial charge in [0.1, 0.15) is 11.2 Å². The molecule has 0 aliphatic heterocycles. The summed E-state index contributed by atoms with van der Waals surface area (Å²) in [6, 6.07) is 41.2. The van der Waals surface area contributed by atoms with Gasteiger partial charge in [-0.25, -0.2) is 0 Å². The standard InChI is InChI=1S/C33H26O/c1-22(2)23-13-15-24(16-14-23)25-7-5-8-26(19-25)27-9-6-10-28(20-27)29-17-18-31-30-11-3-4-12-32(30)34-33(31)21-29/h3-22H,1-2H3. The van der Waals surface area contributed by atoms with Gasteiger partial charge in [-0.1, -0.05) is 98.8 Å². The molecule has 0 aliphatic rings. The van der Waals surface area contributed by atoms with Gasteiger partial charge in [-0.05, 0) is 75.2 Å². The predicted octanol–water partition coefficient (Wildman–Crippen LogP) is 9.71. The Hall–Kier alpha value is -4.10. The normalized spacial score (nSPS) is 11.5. The largest absolute Gasteiger partial charge is 0.456 e. The molecule has 164 valence electrons. The summed E-state index contributed by atoms with van der Waals surface area (Å²) in [5.74, 6) is 0.543. The lowest BCUT2D eigenvalue weighted by atomic mass is 9.95. The van der Waals surface area contributed by atoms with Gasteiger partial charge in [0.15, 0.2) is 0 Å². The zero-order chi connectivity index (χ0) is 23.1. The van der Waals surface area contributed by atoms with E-state index in [1.165, 1.54) is 33.4 Å². The zero-order valence-electron chi connectivity index (χ0n) is 19.5. The van der Waals surface area contributed by atoms with Gasteiger partial charge < -0.3 is 4.42 Å². The highest BCUT2D eigenvalue weighted by atomic mass is 16.3. The zero-order valence-corrected chi connectivity index (χ0v) is 19.5. The Morgan fingerprint density at radius 3 is 1.62 bits per heavy atom. The molecular formula is C33H26O. The quantitative estimate of drug-likeness (QED) is 0.267. The van der Waals surface area contributed by atoms with Crippen molar-refractivity contribution in [2.75, 3.05) is 0 Å². The minimum absolute atomic E-state index is 0.543. The van der Waals surface area contributed by atoms with E-state index < -0.39 is 0 Å². The van der Waals surface area contributed by atoms with E-state index in [1.807, 2.05) is 12.1 Å². The van der Waals surface area contributed by atoms with Gasteiger partial charge in [-0.2, -0.15) is 0 Å². The number of para-hydroxylation sites is 1. The molecule has 6 aromatic rings. The Labute approximate surface area is 200 Å². The fourth-order valence-corrected chi connectivity index (χ4v) is 4.72. The molecule has 5 aromatic carbocycles.